The van der Waals surface area contributed by atoms with E-state index in [0.29, 0.717) is 0 Å². The predicted octanol–water partition coefficient (Wildman–Crippen LogP) is -0.887. The fourth-order valence-electron chi connectivity index (χ4n) is 0.885. The Balaban J connectivity index is 2.17. The molecule has 78 valence electrons. The molecule has 1 amide bonds. The fourth-order valence-corrected chi connectivity index (χ4v) is 0.885. The third-order valence-electron chi connectivity index (χ3n) is 1.47. The summed E-state index contributed by atoms with van der Waals surface area (Å²) in [5.41, 5.74) is 0. The second-order valence-corrected chi connectivity index (χ2v) is 2.66. The second-order valence-electron chi connectivity index (χ2n) is 2.66. The first-order valence-electron chi connectivity index (χ1n) is 3.90. The van der Waals surface area contributed by atoms with Crippen molar-refractivity contribution in [2.45, 2.75) is 12.5 Å². The molecule has 0 aromatic carbocycles. The fraction of sp³-hybridized carbons (Fsp3) is 0.571. The Kier molecular flexibility index (Phi) is 3.27. The van der Waals surface area contributed by atoms with Gasteiger partial charge in [0.05, 0.1) is 6.54 Å². The molecule has 0 aromatic rings. The highest BCUT2D eigenvalue weighted by Crippen LogP contribution is 2.01. The van der Waals surface area contributed by atoms with E-state index >= 15 is 0 Å². The Labute approximate surface area is 79.0 Å². The number of carbonyl (C=O) groups is 3. The van der Waals surface area contributed by atoms with Crippen LogP contribution in [0.1, 0.15) is 6.42 Å². The number of alkyl carbamates (subject to hydrolysis) is 1. The monoisotopic (exact) mass is 203 g/mol. The maximum absolute atomic E-state index is 10.7. The van der Waals surface area contributed by atoms with Crippen LogP contribution in [0.3, 0.4) is 0 Å². The van der Waals surface area contributed by atoms with Crippen LogP contribution in [-0.4, -0.2) is 42.4 Å². The van der Waals surface area contributed by atoms with Gasteiger partial charge in [-0.3, -0.25) is 9.59 Å². The van der Waals surface area contributed by atoms with Gasteiger partial charge in [0.15, 0.2) is 6.10 Å². The quantitative estimate of drug-likeness (QED) is 0.454. The molecular formula is C7H9NO6. The van der Waals surface area contributed by atoms with Crippen molar-refractivity contribution >= 4 is 18.0 Å². The average Bonchev–Trinajstić information content (AvgIpc) is 2.47. The van der Waals surface area contributed by atoms with E-state index in [1.54, 1.807) is 0 Å². The molecule has 1 fully saturated rings. The summed E-state index contributed by atoms with van der Waals surface area (Å²) in [6.45, 7) is 0.143. The Morgan fingerprint density at radius 3 is 2.86 bits per heavy atom. The zero-order valence-corrected chi connectivity index (χ0v) is 7.19. The molecule has 14 heavy (non-hydrogen) atoms. The number of carbonyl (C=O) groups excluding carboxylic acids is 2. The molecule has 0 radical (unpaired) electrons. The highest BCUT2D eigenvalue weighted by atomic mass is 16.6. The molecule has 0 bridgehead atoms. The number of aliphatic carboxylic acids is 1. The van der Waals surface area contributed by atoms with Gasteiger partial charge in [0.1, 0.15) is 13.0 Å². The van der Waals surface area contributed by atoms with Crippen molar-refractivity contribution in [3.8, 4) is 0 Å². The molecule has 2 N–H and O–H groups in total. The second kappa shape index (κ2) is 4.45. The van der Waals surface area contributed by atoms with E-state index in [1.807, 2.05) is 0 Å². The Bertz CT molecular complexity index is 263. The smallest absolute Gasteiger partial charge is 0.407 e. The molecule has 0 saturated carbocycles. The number of cyclic esters (lactones) is 1. The maximum atomic E-state index is 10.7. The van der Waals surface area contributed by atoms with Gasteiger partial charge in [0, 0.05) is 0 Å². The lowest BCUT2D eigenvalue weighted by Crippen LogP contribution is -2.23. The first-order valence-corrected chi connectivity index (χ1v) is 3.90. The lowest BCUT2D eigenvalue weighted by atomic mass is 10.4. The van der Waals surface area contributed by atoms with E-state index in [4.69, 9.17) is 5.11 Å². The highest BCUT2D eigenvalue weighted by molar-refractivity contribution is 5.90. The lowest BCUT2D eigenvalue weighted by molar-refractivity contribution is -0.152. The number of carboxylic acid groups (broad SMARTS) is 1. The Morgan fingerprint density at radius 1 is 1.64 bits per heavy atom. The predicted molar refractivity (Wildman–Crippen MR) is 41.5 cm³/mol. The number of carboxylic acids is 1. The van der Waals surface area contributed by atoms with Crippen LogP contribution >= 0.6 is 0 Å². The van der Waals surface area contributed by atoms with Crippen molar-refractivity contribution in [1.29, 1.82) is 0 Å². The van der Waals surface area contributed by atoms with Gasteiger partial charge in [-0.2, -0.15) is 0 Å². The van der Waals surface area contributed by atoms with Gasteiger partial charge in [0.25, 0.3) is 0 Å². The van der Waals surface area contributed by atoms with E-state index in [-0.39, 0.29) is 13.2 Å². The van der Waals surface area contributed by atoms with Crippen LogP contribution in [0.4, 0.5) is 4.79 Å². The summed E-state index contributed by atoms with van der Waals surface area (Å²) in [4.78, 5) is 31.3. The molecule has 0 spiro atoms. The van der Waals surface area contributed by atoms with E-state index in [0.717, 1.165) is 0 Å². The third-order valence-corrected chi connectivity index (χ3v) is 1.47. The minimum Gasteiger partial charge on any atom is -0.481 e. The highest BCUT2D eigenvalue weighted by Gasteiger charge is 2.24. The minimum absolute atomic E-state index is 0.120. The van der Waals surface area contributed by atoms with Gasteiger partial charge in [-0.25, -0.2) is 4.79 Å². The molecule has 0 aromatic heterocycles. The summed E-state index contributed by atoms with van der Waals surface area (Å²) in [6, 6.07) is 0. The van der Waals surface area contributed by atoms with Gasteiger partial charge in [-0.05, 0) is 0 Å². The van der Waals surface area contributed by atoms with Crippen LogP contribution in [0, 0.1) is 0 Å². The van der Waals surface area contributed by atoms with Crippen molar-refractivity contribution in [3.63, 3.8) is 0 Å². The van der Waals surface area contributed by atoms with Crippen molar-refractivity contribution in [2.24, 2.45) is 0 Å². The molecule has 1 heterocycles. The van der Waals surface area contributed by atoms with Crippen LogP contribution in [0.15, 0.2) is 0 Å². The van der Waals surface area contributed by atoms with Crippen molar-refractivity contribution in [2.75, 3.05) is 13.2 Å². The van der Waals surface area contributed by atoms with Gasteiger partial charge < -0.3 is 19.9 Å². The first-order chi connectivity index (χ1) is 6.58. The van der Waals surface area contributed by atoms with Crippen LogP contribution in [-0.2, 0) is 19.1 Å². The largest absolute Gasteiger partial charge is 0.481 e. The zero-order chi connectivity index (χ0) is 10.6. The number of amides is 1. The molecule has 1 aliphatic heterocycles. The zero-order valence-electron chi connectivity index (χ0n) is 7.19. The number of rotatable bonds is 4. The topological polar surface area (TPSA) is 102 Å². The van der Waals surface area contributed by atoms with Crippen molar-refractivity contribution < 1.29 is 29.0 Å². The molecule has 0 unspecified atom stereocenters. The van der Waals surface area contributed by atoms with E-state index in [9.17, 15) is 14.4 Å². The standard InChI is InChI=1S/C7H9NO6/c9-5(10)1-6(11)13-3-4-2-8-7(12)14-4/h4H,1-3H2,(H,8,12)(H,9,10)/t4-/m0/s1. The Hall–Kier alpha value is -1.79. The van der Waals surface area contributed by atoms with Crippen LogP contribution < -0.4 is 5.32 Å². The van der Waals surface area contributed by atoms with E-state index in [1.165, 1.54) is 0 Å². The molecule has 7 nitrogen and oxygen atoms in total. The summed E-state index contributed by atoms with van der Waals surface area (Å²) in [5.74, 6) is -2.10. The maximum Gasteiger partial charge on any atom is 0.407 e. The normalized spacial score (nSPS) is 19.7. The number of hydrogen-bond acceptors (Lipinski definition) is 5. The SMILES string of the molecule is O=C(O)CC(=O)OC[C@@H]1CNC(=O)O1. The minimum atomic E-state index is -1.25. The molecule has 0 aliphatic carbocycles. The first kappa shape index (κ1) is 10.3. The molecule has 1 saturated heterocycles. The molecule has 1 rings (SSSR count). The lowest BCUT2D eigenvalue weighted by Gasteiger charge is -2.07. The number of esters is 1. The molecule has 1 aliphatic rings. The van der Waals surface area contributed by atoms with Gasteiger partial charge in [-0.15, -0.1) is 0 Å². The Morgan fingerprint density at radius 2 is 2.36 bits per heavy atom. The molecular weight excluding hydrogens is 194 g/mol. The van der Waals surface area contributed by atoms with E-state index in [2.05, 4.69) is 14.8 Å². The van der Waals surface area contributed by atoms with Crippen LogP contribution in [0.25, 0.3) is 0 Å². The van der Waals surface area contributed by atoms with Gasteiger partial charge in [-0.1, -0.05) is 0 Å². The van der Waals surface area contributed by atoms with Gasteiger partial charge in [0.2, 0.25) is 0 Å². The molecule has 1 atom stereocenters. The van der Waals surface area contributed by atoms with E-state index < -0.39 is 30.6 Å². The summed E-state index contributed by atoms with van der Waals surface area (Å²) in [6.07, 6.45) is -1.78. The van der Waals surface area contributed by atoms with Crippen molar-refractivity contribution in [3.05, 3.63) is 0 Å². The number of nitrogens with one attached hydrogen (secondary N) is 1. The van der Waals surface area contributed by atoms with Crippen LogP contribution in [0.5, 0.6) is 0 Å². The summed E-state index contributed by atoms with van der Waals surface area (Å²) >= 11 is 0. The summed E-state index contributed by atoms with van der Waals surface area (Å²) < 4.78 is 9.19. The number of hydrogen-bond donors (Lipinski definition) is 2. The van der Waals surface area contributed by atoms with Crippen molar-refractivity contribution in [1.82, 2.24) is 5.32 Å². The summed E-state index contributed by atoms with van der Waals surface area (Å²) in [5, 5.41) is 10.6. The average molecular weight is 203 g/mol. The summed E-state index contributed by atoms with van der Waals surface area (Å²) in [7, 11) is 0. The third kappa shape index (κ3) is 3.30. The molecule has 7 heteroatoms. The van der Waals surface area contributed by atoms with Crippen LogP contribution in [0.2, 0.25) is 0 Å². The number of ether oxygens (including phenoxy) is 2. The van der Waals surface area contributed by atoms with Gasteiger partial charge >= 0.3 is 18.0 Å².